The Morgan fingerprint density at radius 1 is 1.12 bits per heavy atom. The molecule has 2 amide bonds. The van der Waals surface area contributed by atoms with Crippen molar-refractivity contribution in [1.29, 1.82) is 0 Å². The van der Waals surface area contributed by atoms with Crippen LogP contribution < -0.4 is 5.32 Å². The minimum atomic E-state index is -0.806. The van der Waals surface area contributed by atoms with Crippen LogP contribution in [0.5, 0.6) is 0 Å². The van der Waals surface area contributed by atoms with Gasteiger partial charge in [0.2, 0.25) is 11.8 Å². The Labute approximate surface area is 155 Å². The molecule has 1 aliphatic carbocycles. The standard InChI is InChI=1S/C19H32N2O5/c1-13(26-12-15-6-4-3-5-7-15)17(20-14(2)22)18(23)21-10-8-16(9-11-21)19(24)25/h13,15-17H,3-12H2,1-2H3,(H,20,22)(H,24,25). The van der Waals surface area contributed by atoms with Gasteiger partial charge in [-0.3, -0.25) is 14.4 Å². The van der Waals surface area contributed by atoms with Crippen molar-refractivity contribution in [3.8, 4) is 0 Å². The van der Waals surface area contributed by atoms with Crippen molar-refractivity contribution in [2.45, 2.75) is 70.9 Å². The molecule has 2 unspecified atom stereocenters. The van der Waals surface area contributed by atoms with Crippen molar-refractivity contribution in [2.75, 3.05) is 19.7 Å². The third-order valence-electron chi connectivity index (χ3n) is 5.57. The molecule has 26 heavy (non-hydrogen) atoms. The number of carbonyl (C=O) groups excluding carboxylic acids is 2. The molecule has 7 heteroatoms. The zero-order valence-corrected chi connectivity index (χ0v) is 15.9. The highest BCUT2D eigenvalue weighted by molar-refractivity contribution is 5.87. The molecule has 0 bridgehead atoms. The number of nitrogens with zero attached hydrogens (tertiary/aromatic N) is 1. The second kappa shape index (κ2) is 9.90. The first-order valence-corrected chi connectivity index (χ1v) is 9.78. The van der Waals surface area contributed by atoms with E-state index in [1.54, 1.807) is 4.90 Å². The number of likely N-dealkylation sites (tertiary alicyclic amines) is 1. The largest absolute Gasteiger partial charge is 0.481 e. The minimum Gasteiger partial charge on any atom is -0.481 e. The van der Waals surface area contributed by atoms with Crippen LogP contribution in [0.3, 0.4) is 0 Å². The number of aliphatic carboxylic acids is 1. The maximum Gasteiger partial charge on any atom is 0.306 e. The zero-order valence-electron chi connectivity index (χ0n) is 15.9. The molecule has 0 aromatic heterocycles. The predicted molar refractivity (Wildman–Crippen MR) is 96.5 cm³/mol. The molecule has 148 valence electrons. The Balaban J connectivity index is 1.91. The summed E-state index contributed by atoms with van der Waals surface area (Å²) in [5, 5.41) is 11.8. The second-order valence-electron chi connectivity index (χ2n) is 7.66. The molecule has 7 nitrogen and oxygen atoms in total. The van der Waals surface area contributed by atoms with Crippen LogP contribution in [0.4, 0.5) is 0 Å². The van der Waals surface area contributed by atoms with Gasteiger partial charge in [0.25, 0.3) is 0 Å². The molecule has 0 aromatic carbocycles. The highest BCUT2D eigenvalue weighted by Crippen LogP contribution is 2.24. The lowest BCUT2D eigenvalue weighted by Crippen LogP contribution is -2.55. The number of carbonyl (C=O) groups is 3. The number of hydrogen-bond acceptors (Lipinski definition) is 4. The Morgan fingerprint density at radius 3 is 2.27 bits per heavy atom. The van der Waals surface area contributed by atoms with Crippen LogP contribution in [-0.2, 0) is 19.1 Å². The van der Waals surface area contributed by atoms with Gasteiger partial charge >= 0.3 is 5.97 Å². The topological polar surface area (TPSA) is 95.9 Å². The maximum atomic E-state index is 12.9. The number of hydrogen-bond donors (Lipinski definition) is 2. The van der Waals surface area contributed by atoms with Gasteiger partial charge in [0.1, 0.15) is 6.04 Å². The summed E-state index contributed by atoms with van der Waals surface area (Å²) in [5.41, 5.74) is 0. The molecule has 2 fully saturated rings. The third kappa shape index (κ3) is 5.97. The summed E-state index contributed by atoms with van der Waals surface area (Å²) in [5.74, 6) is -1.11. The lowest BCUT2D eigenvalue weighted by Gasteiger charge is -2.35. The van der Waals surface area contributed by atoms with Gasteiger partial charge in [-0.25, -0.2) is 0 Å². The van der Waals surface area contributed by atoms with Gasteiger partial charge in [-0.15, -0.1) is 0 Å². The van der Waals surface area contributed by atoms with Gasteiger partial charge in [-0.05, 0) is 38.5 Å². The Morgan fingerprint density at radius 2 is 1.73 bits per heavy atom. The summed E-state index contributed by atoms with van der Waals surface area (Å²) in [6, 6.07) is -0.725. The molecule has 0 aromatic rings. The van der Waals surface area contributed by atoms with E-state index in [1.807, 2.05) is 6.92 Å². The van der Waals surface area contributed by atoms with Crippen LogP contribution in [0.15, 0.2) is 0 Å². The van der Waals surface area contributed by atoms with E-state index in [1.165, 1.54) is 26.2 Å². The summed E-state index contributed by atoms with van der Waals surface area (Å²) in [4.78, 5) is 37.2. The number of rotatable bonds is 7. The summed E-state index contributed by atoms with van der Waals surface area (Å²) in [6.07, 6.45) is 6.55. The van der Waals surface area contributed by atoms with Gasteiger partial charge in [-0.2, -0.15) is 0 Å². The van der Waals surface area contributed by atoms with Gasteiger partial charge in [-0.1, -0.05) is 19.3 Å². The molecule has 2 rings (SSSR count). The lowest BCUT2D eigenvalue weighted by atomic mass is 9.90. The lowest BCUT2D eigenvalue weighted by molar-refractivity contribution is -0.148. The number of ether oxygens (including phenoxy) is 1. The molecule has 0 radical (unpaired) electrons. The summed E-state index contributed by atoms with van der Waals surface area (Å²) in [7, 11) is 0. The van der Waals surface area contributed by atoms with Gasteiger partial charge in [0.15, 0.2) is 0 Å². The Bertz CT molecular complexity index is 496. The second-order valence-corrected chi connectivity index (χ2v) is 7.66. The number of amides is 2. The maximum absolute atomic E-state index is 12.9. The van der Waals surface area contributed by atoms with Crippen LogP contribution in [0.25, 0.3) is 0 Å². The van der Waals surface area contributed by atoms with Crippen molar-refractivity contribution in [1.82, 2.24) is 10.2 Å². The predicted octanol–water partition coefficient (Wildman–Crippen LogP) is 1.80. The quantitative estimate of drug-likeness (QED) is 0.714. The third-order valence-corrected chi connectivity index (χ3v) is 5.57. The van der Waals surface area contributed by atoms with E-state index >= 15 is 0 Å². The fourth-order valence-corrected chi connectivity index (χ4v) is 3.88. The number of piperidine rings is 1. The molecule has 2 aliphatic rings. The zero-order chi connectivity index (χ0) is 19.1. The van der Waals surface area contributed by atoms with Gasteiger partial charge < -0.3 is 20.1 Å². The van der Waals surface area contributed by atoms with Crippen LogP contribution >= 0.6 is 0 Å². The van der Waals surface area contributed by atoms with Crippen molar-refractivity contribution in [2.24, 2.45) is 11.8 Å². The van der Waals surface area contributed by atoms with Crippen LogP contribution in [0, 0.1) is 11.8 Å². The molecular formula is C19H32N2O5. The molecule has 0 spiro atoms. The van der Waals surface area contributed by atoms with E-state index in [2.05, 4.69) is 5.32 Å². The van der Waals surface area contributed by atoms with E-state index in [-0.39, 0.29) is 11.8 Å². The average Bonchev–Trinajstić information content (AvgIpc) is 2.64. The van der Waals surface area contributed by atoms with E-state index in [4.69, 9.17) is 9.84 Å². The molecule has 1 saturated heterocycles. The molecule has 2 N–H and O–H groups in total. The monoisotopic (exact) mass is 368 g/mol. The van der Waals surface area contributed by atoms with Gasteiger partial charge in [0.05, 0.1) is 12.0 Å². The average molecular weight is 368 g/mol. The van der Waals surface area contributed by atoms with Crippen LogP contribution in [-0.4, -0.2) is 59.6 Å². The molecule has 1 aliphatic heterocycles. The SMILES string of the molecule is CC(=O)NC(C(=O)N1CCC(C(=O)O)CC1)C(C)OCC1CCCCC1. The molecule has 1 heterocycles. The van der Waals surface area contributed by atoms with Crippen LogP contribution in [0.1, 0.15) is 58.8 Å². The molecule has 2 atom stereocenters. The number of carboxylic acids is 1. The summed E-state index contributed by atoms with van der Waals surface area (Å²) < 4.78 is 5.96. The Kier molecular flexibility index (Phi) is 7.87. The van der Waals surface area contributed by atoms with Gasteiger partial charge in [0, 0.05) is 26.6 Å². The molecular weight excluding hydrogens is 336 g/mol. The first-order valence-electron chi connectivity index (χ1n) is 9.78. The van der Waals surface area contributed by atoms with E-state index in [9.17, 15) is 14.4 Å². The Hall–Kier alpha value is -1.63. The normalized spacial score (nSPS) is 21.8. The van der Waals surface area contributed by atoms with Crippen LogP contribution in [0.2, 0.25) is 0 Å². The fourth-order valence-electron chi connectivity index (χ4n) is 3.88. The van der Waals surface area contributed by atoms with E-state index in [0.29, 0.717) is 38.5 Å². The summed E-state index contributed by atoms with van der Waals surface area (Å²) in [6.45, 7) is 4.64. The van der Waals surface area contributed by atoms with E-state index < -0.39 is 24.0 Å². The minimum absolute atomic E-state index is 0.180. The first-order chi connectivity index (χ1) is 12.4. The smallest absolute Gasteiger partial charge is 0.306 e. The van der Waals surface area contributed by atoms with Crippen molar-refractivity contribution < 1.29 is 24.2 Å². The summed E-state index contributed by atoms with van der Waals surface area (Å²) >= 11 is 0. The highest BCUT2D eigenvalue weighted by atomic mass is 16.5. The van der Waals surface area contributed by atoms with Crippen molar-refractivity contribution >= 4 is 17.8 Å². The van der Waals surface area contributed by atoms with Crippen molar-refractivity contribution in [3.05, 3.63) is 0 Å². The van der Waals surface area contributed by atoms with E-state index in [0.717, 1.165) is 12.8 Å². The number of nitrogens with one attached hydrogen (secondary N) is 1. The van der Waals surface area contributed by atoms with Crippen molar-refractivity contribution in [3.63, 3.8) is 0 Å². The number of carboxylic acid groups (broad SMARTS) is 1. The fraction of sp³-hybridized carbons (Fsp3) is 0.842. The molecule has 1 saturated carbocycles. The highest BCUT2D eigenvalue weighted by Gasteiger charge is 2.34. The first kappa shape index (κ1) is 20.7.